The van der Waals surface area contributed by atoms with Gasteiger partial charge in [-0.2, -0.15) is 4.72 Å². The van der Waals surface area contributed by atoms with Gasteiger partial charge in [-0.1, -0.05) is 29.7 Å². The van der Waals surface area contributed by atoms with E-state index in [1.54, 1.807) is 44.3 Å². The normalized spacial score (nSPS) is 17.2. The average molecular weight is 602 g/mol. The van der Waals surface area contributed by atoms with Crippen LogP contribution in [0.25, 0.3) is 0 Å². The maximum absolute atomic E-state index is 13.0. The number of carboxylic acid groups (broad SMARTS) is 1. The summed E-state index contributed by atoms with van der Waals surface area (Å²) in [6.45, 7) is 4.42. The largest absolute Gasteiger partial charge is 0.480 e. The summed E-state index contributed by atoms with van der Waals surface area (Å²) in [6, 6.07) is 6.79. The predicted octanol–water partition coefficient (Wildman–Crippen LogP) is 1.20. The van der Waals surface area contributed by atoms with Crippen molar-refractivity contribution in [3.63, 3.8) is 0 Å². The summed E-state index contributed by atoms with van der Waals surface area (Å²) in [5, 5.41) is 15.2. The maximum Gasteiger partial charge on any atom is 0.411 e. The number of hydrogen-bond acceptors (Lipinski definition) is 9. The molecule has 226 valence electrons. The molecule has 14 heteroatoms. The Bertz CT molecular complexity index is 1400. The zero-order valence-corrected chi connectivity index (χ0v) is 24.4. The number of nitrogens with zero attached hydrogens (tertiary/aromatic N) is 2. The number of likely N-dealkylation sites (tertiary alicyclic amines) is 1. The summed E-state index contributed by atoms with van der Waals surface area (Å²) in [5.74, 6) is 0.755. The van der Waals surface area contributed by atoms with Crippen molar-refractivity contribution >= 4 is 33.8 Å². The molecule has 2 heterocycles. The number of hydrogen-bond donors (Lipinski definition) is 4. The molecule has 1 aromatic carbocycles. The summed E-state index contributed by atoms with van der Waals surface area (Å²) in [6.07, 6.45) is 6.06. The average Bonchev–Trinajstić information content (AvgIpc) is 3.34. The van der Waals surface area contributed by atoms with E-state index in [4.69, 9.17) is 15.9 Å². The molecule has 0 radical (unpaired) electrons. The molecule has 2 aromatic rings. The summed E-state index contributed by atoms with van der Waals surface area (Å²) in [5.41, 5.74) is 1.82. The number of anilines is 1. The minimum absolute atomic E-state index is 0.00680. The van der Waals surface area contributed by atoms with Crippen molar-refractivity contribution < 1.29 is 37.4 Å². The van der Waals surface area contributed by atoms with Gasteiger partial charge in [0.1, 0.15) is 18.5 Å². The number of nitrogens with one attached hydrogen (secondary N) is 3. The monoisotopic (exact) mass is 601 g/mol. The first-order valence-corrected chi connectivity index (χ1v) is 14.6. The Hall–Kier alpha value is -4.19. The third-order valence-electron chi connectivity index (χ3n) is 6.50. The summed E-state index contributed by atoms with van der Waals surface area (Å²) >= 11 is 0. The second-order valence-electron chi connectivity index (χ2n) is 9.87. The smallest absolute Gasteiger partial charge is 0.411 e. The number of carboxylic acids is 1. The Kier molecular flexibility index (Phi) is 11.3. The Morgan fingerprint density at radius 2 is 1.93 bits per heavy atom. The number of ether oxygens (including phenoxy) is 2. The lowest BCUT2D eigenvalue weighted by Crippen LogP contribution is -2.49. The third kappa shape index (κ3) is 8.90. The highest BCUT2D eigenvalue weighted by Gasteiger charge is 2.37. The molecule has 1 aliphatic heterocycles. The number of amides is 2. The standard InChI is InChI=1S/C28H35N5O8S/c1-5-10-40-28(37)33-16-22(13-21(33)14-30-24-8-6-7-9-29-24)41-17-25(34)31-15-23(27(35)36)32-42(38,39)26-19(3)11-18(2)12-20(26)4/h1,6-9,11-12,21-23,32H,10,13-17H2,2-4H3,(H,29,30)(H,31,34)(H,35,36). The van der Waals surface area contributed by atoms with Crippen LogP contribution in [-0.2, 0) is 29.1 Å². The molecule has 0 saturated carbocycles. The second kappa shape index (κ2) is 14.6. The Balaban J connectivity index is 1.56. The van der Waals surface area contributed by atoms with Crippen molar-refractivity contribution in [1.82, 2.24) is 19.9 Å². The van der Waals surface area contributed by atoms with Crippen LogP contribution in [0, 0.1) is 33.1 Å². The van der Waals surface area contributed by atoms with Gasteiger partial charge in [0.15, 0.2) is 6.61 Å². The van der Waals surface area contributed by atoms with Crippen molar-refractivity contribution in [2.75, 3.05) is 38.2 Å². The first kappa shape index (κ1) is 32.3. The number of pyridine rings is 1. The van der Waals surface area contributed by atoms with Gasteiger partial charge in [-0.3, -0.25) is 9.59 Å². The van der Waals surface area contributed by atoms with Gasteiger partial charge in [0.25, 0.3) is 0 Å². The summed E-state index contributed by atoms with van der Waals surface area (Å²) in [4.78, 5) is 42.5. The molecule has 13 nitrogen and oxygen atoms in total. The molecule has 0 aliphatic carbocycles. The molecular weight excluding hydrogens is 566 g/mol. The lowest BCUT2D eigenvalue weighted by molar-refractivity contribution is -0.139. The minimum atomic E-state index is -4.19. The highest BCUT2D eigenvalue weighted by molar-refractivity contribution is 7.89. The topological polar surface area (TPSA) is 176 Å². The van der Waals surface area contributed by atoms with E-state index in [9.17, 15) is 27.9 Å². The van der Waals surface area contributed by atoms with Gasteiger partial charge in [0, 0.05) is 19.3 Å². The van der Waals surface area contributed by atoms with E-state index in [1.165, 1.54) is 4.90 Å². The minimum Gasteiger partial charge on any atom is -0.480 e. The van der Waals surface area contributed by atoms with E-state index in [1.807, 2.05) is 13.0 Å². The number of carbonyl (C=O) groups is 3. The number of benzene rings is 1. The van der Waals surface area contributed by atoms with E-state index in [0.29, 0.717) is 29.9 Å². The van der Waals surface area contributed by atoms with Gasteiger partial charge < -0.3 is 30.1 Å². The van der Waals surface area contributed by atoms with Crippen LogP contribution in [0.1, 0.15) is 23.1 Å². The van der Waals surface area contributed by atoms with E-state index >= 15 is 0 Å². The fourth-order valence-electron chi connectivity index (χ4n) is 4.76. The summed E-state index contributed by atoms with van der Waals surface area (Å²) in [7, 11) is -4.19. The number of aromatic nitrogens is 1. The summed E-state index contributed by atoms with van der Waals surface area (Å²) < 4.78 is 38.9. The van der Waals surface area contributed by atoms with Gasteiger partial charge >= 0.3 is 12.1 Å². The van der Waals surface area contributed by atoms with E-state index in [-0.39, 0.29) is 24.1 Å². The van der Waals surface area contributed by atoms with Crippen LogP contribution < -0.4 is 15.4 Å². The van der Waals surface area contributed by atoms with Crippen LogP contribution in [0.2, 0.25) is 0 Å². The van der Waals surface area contributed by atoms with E-state index in [0.717, 1.165) is 5.56 Å². The fourth-order valence-corrected chi connectivity index (χ4v) is 6.41. The van der Waals surface area contributed by atoms with Crippen molar-refractivity contribution in [3.05, 3.63) is 53.2 Å². The highest BCUT2D eigenvalue weighted by Crippen LogP contribution is 2.23. The molecular formula is C28H35N5O8S. The molecule has 1 aromatic heterocycles. The number of rotatable bonds is 13. The molecule has 2 amide bonds. The molecule has 42 heavy (non-hydrogen) atoms. The van der Waals surface area contributed by atoms with Gasteiger partial charge in [-0.05, 0) is 50.5 Å². The van der Waals surface area contributed by atoms with E-state index in [2.05, 4.69) is 26.3 Å². The van der Waals surface area contributed by atoms with E-state index < -0.39 is 53.3 Å². The van der Waals surface area contributed by atoms with Crippen molar-refractivity contribution in [2.45, 2.75) is 50.3 Å². The molecule has 3 atom stereocenters. The van der Waals surface area contributed by atoms with Gasteiger partial charge in [0.2, 0.25) is 15.9 Å². The molecule has 0 spiro atoms. The highest BCUT2D eigenvalue weighted by atomic mass is 32.2. The predicted molar refractivity (Wildman–Crippen MR) is 153 cm³/mol. The Morgan fingerprint density at radius 1 is 1.21 bits per heavy atom. The first-order chi connectivity index (χ1) is 19.9. The molecule has 0 bridgehead atoms. The zero-order chi connectivity index (χ0) is 30.9. The molecule has 1 fully saturated rings. The van der Waals surface area contributed by atoms with Gasteiger partial charge in [0.05, 0.1) is 23.6 Å². The van der Waals surface area contributed by atoms with Crippen LogP contribution in [0.15, 0.2) is 41.4 Å². The molecule has 3 rings (SSSR count). The third-order valence-corrected chi connectivity index (χ3v) is 8.27. The van der Waals surface area contributed by atoms with Gasteiger partial charge in [-0.25, -0.2) is 18.2 Å². The number of carbonyl (C=O) groups excluding carboxylic acids is 2. The molecule has 1 aliphatic rings. The molecule has 3 unspecified atom stereocenters. The molecule has 1 saturated heterocycles. The molecule has 4 N–H and O–H groups in total. The fraction of sp³-hybridized carbons (Fsp3) is 0.429. The zero-order valence-electron chi connectivity index (χ0n) is 23.6. The Labute approximate surface area is 245 Å². The Morgan fingerprint density at radius 3 is 2.55 bits per heavy atom. The maximum atomic E-state index is 13.0. The van der Waals surface area contributed by atoms with Crippen molar-refractivity contribution in [1.29, 1.82) is 0 Å². The second-order valence-corrected chi connectivity index (χ2v) is 11.5. The lowest BCUT2D eigenvalue weighted by atomic mass is 10.1. The van der Waals surface area contributed by atoms with Crippen LogP contribution in [0.3, 0.4) is 0 Å². The lowest BCUT2D eigenvalue weighted by Gasteiger charge is -2.23. The van der Waals surface area contributed by atoms with Gasteiger partial charge in [-0.15, -0.1) is 6.42 Å². The quantitative estimate of drug-likeness (QED) is 0.244. The number of aliphatic carboxylic acids is 1. The van der Waals surface area contributed by atoms with Crippen molar-refractivity contribution in [3.8, 4) is 12.3 Å². The van der Waals surface area contributed by atoms with Crippen LogP contribution >= 0.6 is 0 Å². The van der Waals surface area contributed by atoms with Crippen LogP contribution in [0.5, 0.6) is 0 Å². The SMILES string of the molecule is C#CCOC(=O)N1CC(OCC(=O)NCC(NS(=O)(=O)c2c(C)cc(C)cc2C)C(=O)O)CC1CNc1ccccn1. The number of aryl methyl sites for hydroxylation is 3. The first-order valence-electron chi connectivity index (χ1n) is 13.1. The number of terminal acetylenes is 1. The van der Waals surface area contributed by atoms with Crippen LogP contribution in [0.4, 0.5) is 10.6 Å². The van der Waals surface area contributed by atoms with Crippen LogP contribution in [-0.4, -0.2) is 92.4 Å². The number of sulfonamides is 1. The van der Waals surface area contributed by atoms with Crippen molar-refractivity contribution in [2.24, 2.45) is 0 Å².